The molecule has 0 bridgehead atoms. The predicted octanol–water partition coefficient (Wildman–Crippen LogP) is 5.00. The first-order valence-corrected chi connectivity index (χ1v) is 8.21. The molecule has 1 amide bonds. The molecule has 0 radical (unpaired) electrons. The van der Waals surface area contributed by atoms with Gasteiger partial charge in [0.1, 0.15) is 5.69 Å². The highest BCUT2D eigenvalue weighted by Crippen LogP contribution is 2.22. The molecule has 0 spiro atoms. The van der Waals surface area contributed by atoms with Gasteiger partial charge in [-0.05, 0) is 61.7 Å². The number of para-hydroxylation sites is 1. The fourth-order valence-electron chi connectivity index (χ4n) is 2.57. The van der Waals surface area contributed by atoms with Gasteiger partial charge in [-0.2, -0.15) is 0 Å². The van der Waals surface area contributed by atoms with Crippen LogP contribution < -0.4 is 10.6 Å². The summed E-state index contributed by atoms with van der Waals surface area (Å²) in [6.45, 7) is 6.06. The van der Waals surface area contributed by atoms with E-state index in [1.54, 1.807) is 12.3 Å². The molecule has 25 heavy (non-hydrogen) atoms. The molecule has 0 aliphatic heterocycles. The van der Waals surface area contributed by atoms with Gasteiger partial charge in [0.05, 0.1) is 0 Å². The van der Waals surface area contributed by atoms with Gasteiger partial charge in [0.15, 0.2) is 0 Å². The van der Waals surface area contributed by atoms with Gasteiger partial charge in [-0.15, -0.1) is 0 Å². The first-order valence-electron chi connectivity index (χ1n) is 8.21. The van der Waals surface area contributed by atoms with Crippen molar-refractivity contribution in [3.63, 3.8) is 0 Å². The molecule has 0 unspecified atom stereocenters. The second-order valence-electron chi connectivity index (χ2n) is 6.07. The maximum absolute atomic E-state index is 12.5. The third kappa shape index (κ3) is 3.86. The molecular weight excluding hydrogens is 310 g/mol. The molecule has 0 saturated carbocycles. The minimum atomic E-state index is -0.220. The van der Waals surface area contributed by atoms with Crippen molar-refractivity contribution in [3.05, 3.63) is 83.2 Å². The zero-order valence-corrected chi connectivity index (χ0v) is 14.6. The Labute approximate surface area is 147 Å². The average molecular weight is 331 g/mol. The van der Waals surface area contributed by atoms with Crippen molar-refractivity contribution in [2.24, 2.45) is 0 Å². The van der Waals surface area contributed by atoms with E-state index in [9.17, 15) is 4.79 Å². The van der Waals surface area contributed by atoms with E-state index in [0.717, 1.165) is 33.8 Å². The number of anilines is 3. The van der Waals surface area contributed by atoms with Crippen LogP contribution in [0.1, 0.15) is 27.2 Å². The Kier molecular flexibility index (Phi) is 4.80. The van der Waals surface area contributed by atoms with Gasteiger partial charge in [-0.3, -0.25) is 9.78 Å². The largest absolute Gasteiger partial charge is 0.355 e. The molecule has 2 aromatic carbocycles. The first-order chi connectivity index (χ1) is 12.0. The molecule has 0 aliphatic carbocycles. The number of aryl methyl sites for hydroxylation is 2. The third-order valence-corrected chi connectivity index (χ3v) is 4.27. The Bertz CT molecular complexity index is 919. The van der Waals surface area contributed by atoms with Crippen molar-refractivity contribution in [3.8, 4) is 0 Å². The van der Waals surface area contributed by atoms with Crippen molar-refractivity contribution < 1.29 is 4.79 Å². The minimum Gasteiger partial charge on any atom is -0.355 e. The Morgan fingerprint density at radius 3 is 2.40 bits per heavy atom. The Morgan fingerprint density at radius 1 is 0.880 bits per heavy atom. The zero-order chi connectivity index (χ0) is 17.8. The number of benzene rings is 2. The van der Waals surface area contributed by atoms with Crippen LogP contribution in [0, 0.1) is 20.8 Å². The molecule has 0 aliphatic rings. The number of nitrogens with one attached hydrogen (secondary N) is 2. The maximum Gasteiger partial charge on any atom is 0.274 e. The van der Waals surface area contributed by atoms with E-state index in [1.807, 2.05) is 69.3 Å². The van der Waals surface area contributed by atoms with E-state index in [-0.39, 0.29) is 5.91 Å². The fourth-order valence-corrected chi connectivity index (χ4v) is 2.57. The molecule has 3 rings (SSSR count). The van der Waals surface area contributed by atoms with E-state index in [4.69, 9.17) is 0 Å². The second kappa shape index (κ2) is 7.18. The number of pyridine rings is 1. The number of aromatic nitrogens is 1. The number of amides is 1. The topological polar surface area (TPSA) is 54.0 Å². The van der Waals surface area contributed by atoms with E-state index < -0.39 is 0 Å². The summed E-state index contributed by atoms with van der Waals surface area (Å²) in [5.41, 5.74) is 6.36. The molecule has 1 heterocycles. The van der Waals surface area contributed by atoms with Crippen LogP contribution in [0.4, 0.5) is 17.1 Å². The second-order valence-corrected chi connectivity index (χ2v) is 6.07. The molecule has 0 saturated heterocycles. The Balaban J connectivity index is 1.80. The lowest BCUT2D eigenvalue weighted by Gasteiger charge is -2.12. The quantitative estimate of drug-likeness (QED) is 0.707. The minimum absolute atomic E-state index is 0.220. The highest BCUT2D eigenvalue weighted by molar-refractivity contribution is 6.03. The lowest BCUT2D eigenvalue weighted by molar-refractivity contribution is 0.102. The van der Waals surface area contributed by atoms with Crippen LogP contribution in [0.5, 0.6) is 0 Å². The number of carbonyl (C=O) groups is 1. The smallest absolute Gasteiger partial charge is 0.274 e. The molecule has 0 atom stereocenters. The molecule has 4 nitrogen and oxygen atoms in total. The van der Waals surface area contributed by atoms with Gasteiger partial charge in [0.25, 0.3) is 5.91 Å². The number of rotatable bonds is 4. The first kappa shape index (κ1) is 16.7. The summed E-state index contributed by atoms with van der Waals surface area (Å²) in [6, 6.07) is 17.5. The van der Waals surface area contributed by atoms with Gasteiger partial charge in [0, 0.05) is 23.3 Å². The van der Waals surface area contributed by atoms with Crippen molar-refractivity contribution in [2.75, 3.05) is 10.6 Å². The summed E-state index contributed by atoms with van der Waals surface area (Å²) < 4.78 is 0. The van der Waals surface area contributed by atoms with Crippen LogP contribution in [0.2, 0.25) is 0 Å². The normalized spacial score (nSPS) is 10.4. The molecule has 0 fully saturated rings. The fraction of sp³-hybridized carbons (Fsp3) is 0.143. The highest BCUT2D eigenvalue weighted by Gasteiger charge is 2.11. The van der Waals surface area contributed by atoms with E-state index in [0.29, 0.717) is 5.69 Å². The van der Waals surface area contributed by atoms with Crippen molar-refractivity contribution >= 4 is 23.0 Å². The standard InChI is InChI=1S/C21H21N3O/c1-14-8-6-10-19(16(14)3)24-21(25)20-13-17(11-12-22-20)23-18-9-5-4-7-15(18)2/h4-13H,1-3H3,(H,22,23)(H,24,25). The van der Waals surface area contributed by atoms with Gasteiger partial charge in [-0.25, -0.2) is 0 Å². The zero-order valence-electron chi connectivity index (χ0n) is 14.6. The van der Waals surface area contributed by atoms with Crippen molar-refractivity contribution in [1.82, 2.24) is 4.98 Å². The molecular formula is C21H21N3O. The van der Waals surface area contributed by atoms with Crippen LogP contribution in [-0.4, -0.2) is 10.9 Å². The summed E-state index contributed by atoms with van der Waals surface area (Å²) in [4.78, 5) is 16.7. The van der Waals surface area contributed by atoms with E-state index >= 15 is 0 Å². The van der Waals surface area contributed by atoms with Gasteiger partial charge in [0.2, 0.25) is 0 Å². The van der Waals surface area contributed by atoms with Crippen LogP contribution in [0.15, 0.2) is 60.8 Å². The summed E-state index contributed by atoms with van der Waals surface area (Å²) in [5, 5.41) is 6.27. The van der Waals surface area contributed by atoms with Crippen LogP contribution >= 0.6 is 0 Å². The molecule has 3 aromatic rings. The van der Waals surface area contributed by atoms with Gasteiger partial charge < -0.3 is 10.6 Å². The summed E-state index contributed by atoms with van der Waals surface area (Å²) in [6.07, 6.45) is 1.64. The molecule has 4 heteroatoms. The Hall–Kier alpha value is -3.14. The number of hydrogen-bond donors (Lipinski definition) is 2. The van der Waals surface area contributed by atoms with Crippen LogP contribution in [0.25, 0.3) is 0 Å². The Morgan fingerprint density at radius 2 is 1.60 bits per heavy atom. The van der Waals surface area contributed by atoms with E-state index in [2.05, 4.69) is 15.6 Å². The molecule has 1 aromatic heterocycles. The number of carbonyl (C=O) groups excluding carboxylic acids is 1. The van der Waals surface area contributed by atoms with Gasteiger partial charge >= 0.3 is 0 Å². The maximum atomic E-state index is 12.5. The molecule has 2 N–H and O–H groups in total. The summed E-state index contributed by atoms with van der Waals surface area (Å²) in [5.74, 6) is -0.220. The number of hydrogen-bond acceptors (Lipinski definition) is 3. The van der Waals surface area contributed by atoms with Crippen LogP contribution in [-0.2, 0) is 0 Å². The van der Waals surface area contributed by atoms with Crippen molar-refractivity contribution in [1.29, 1.82) is 0 Å². The molecule has 126 valence electrons. The summed E-state index contributed by atoms with van der Waals surface area (Å²) in [7, 11) is 0. The number of nitrogens with zero attached hydrogens (tertiary/aromatic N) is 1. The lowest BCUT2D eigenvalue weighted by atomic mass is 10.1. The highest BCUT2D eigenvalue weighted by atomic mass is 16.1. The lowest BCUT2D eigenvalue weighted by Crippen LogP contribution is -2.14. The SMILES string of the molecule is Cc1ccccc1Nc1ccnc(C(=O)Nc2cccc(C)c2C)c1. The average Bonchev–Trinajstić information content (AvgIpc) is 2.61. The third-order valence-electron chi connectivity index (χ3n) is 4.27. The van der Waals surface area contributed by atoms with Crippen molar-refractivity contribution in [2.45, 2.75) is 20.8 Å². The summed E-state index contributed by atoms with van der Waals surface area (Å²) >= 11 is 0. The monoisotopic (exact) mass is 331 g/mol. The van der Waals surface area contributed by atoms with Gasteiger partial charge in [-0.1, -0.05) is 30.3 Å². The van der Waals surface area contributed by atoms with Crippen LogP contribution in [0.3, 0.4) is 0 Å². The van der Waals surface area contributed by atoms with E-state index in [1.165, 1.54) is 0 Å². The predicted molar refractivity (Wildman–Crippen MR) is 103 cm³/mol.